The first kappa shape index (κ1) is 15.7. The number of aromatic amines is 2. The number of nitrogens with one attached hydrogen (secondary N) is 2. The number of fused-ring (bicyclic) bond motifs is 2. The molecule has 5 aromatic rings. The third-order valence-corrected chi connectivity index (χ3v) is 5.53. The Morgan fingerprint density at radius 1 is 1.19 bits per heavy atom. The minimum atomic E-state index is -0.269. The fraction of sp³-hybridized carbons (Fsp3) is 0.0526. The largest absolute Gasteiger partial charge is 0.398 e. The van der Waals surface area contributed by atoms with Crippen LogP contribution in [0.15, 0.2) is 47.1 Å². The van der Waals surface area contributed by atoms with Crippen molar-refractivity contribution in [3.63, 3.8) is 0 Å². The number of H-pyrrole nitrogens is 2. The van der Waals surface area contributed by atoms with Crippen LogP contribution in [-0.4, -0.2) is 25.1 Å². The van der Waals surface area contributed by atoms with E-state index in [9.17, 15) is 4.79 Å². The van der Waals surface area contributed by atoms with Gasteiger partial charge in [-0.3, -0.25) is 9.89 Å². The van der Waals surface area contributed by atoms with Crippen LogP contribution in [0.1, 0.15) is 5.56 Å². The highest BCUT2D eigenvalue weighted by atomic mass is 32.1. The predicted octanol–water partition coefficient (Wildman–Crippen LogP) is 3.48. The summed E-state index contributed by atoms with van der Waals surface area (Å²) < 4.78 is 0. The van der Waals surface area contributed by atoms with Gasteiger partial charge in [0.05, 0.1) is 34.6 Å². The van der Waals surface area contributed by atoms with Gasteiger partial charge in [0.15, 0.2) is 0 Å². The van der Waals surface area contributed by atoms with Crippen LogP contribution in [0, 0.1) is 6.92 Å². The van der Waals surface area contributed by atoms with Gasteiger partial charge in [-0.05, 0) is 30.2 Å². The Labute approximate surface area is 156 Å². The van der Waals surface area contributed by atoms with Gasteiger partial charge in [-0.2, -0.15) is 5.10 Å². The van der Waals surface area contributed by atoms with Crippen LogP contribution in [0.4, 0.5) is 5.69 Å². The first-order chi connectivity index (χ1) is 13.1. The van der Waals surface area contributed by atoms with Gasteiger partial charge in [0.1, 0.15) is 5.01 Å². The number of hydrogen-bond acceptors (Lipinski definition) is 6. The van der Waals surface area contributed by atoms with E-state index in [4.69, 9.17) is 5.73 Å². The molecule has 7 nitrogen and oxygen atoms in total. The maximum Gasteiger partial charge on any atom is 0.260 e. The Kier molecular flexibility index (Phi) is 3.34. The van der Waals surface area contributed by atoms with Gasteiger partial charge in [-0.15, -0.1) is 11.3 Å². The first-order valence-corrected chi connectivity index (χ1v) is 9.16. The molecule has 0 spiro atoms. The lowest BCUT2D eigenvalue weighted by atomic mass is 9.92. The standard InChI is InChI=1S/C19H14N6OS/c1-9-2-3-13-12(7-24-25-13)14(9)10-6-11(19-21-4-5-27-19)17-15(16(10)20)18(26)23-8-22-17/h2-8H,20H2,1H3,(H,24,25)(H,22,23,26). The summed E-state index contributed by atoms with van der Waals surface area (Å²) in [5.41, 5.74) is 11.6. The molecule has 3 heterocycles. The SMILES string of the molecule is Cc1ccc2[nH]ncc2c1-c1cc(-c2nccs2)c2nc[nH]c(=O)c2c1N. The fourth-order valence-electron chi connectivity index (χ4n) is 3.49. The van der Waals surface area contributed by atoms with Crippen LogP contribution >= 0.6 is 11.3 Å². The third kappa shape index (κ3) is 2.27. The Bertz CT molecular complexity index is 1370. The van der Waals surface area contributed by atoms with Gasteiger partial charge >= 0.3 is 0 Å². The number of aromatic nitrogens is 5. The van der Waals surface area contributed by atoms with Gasteiger partial charge in [-0.25, -0.2) is 9.97 Å². The second-order valence-electron chi connectivity index (χ2n) is 6.27. The maximum atomic E-state index is 12.6. The highest BCUT2D eigenvalue weighted by molar-refractivity contribution is 7.13. The molecule has 0 aliphatic rings. The predicted molar refractivity (Wildman–Crippen MR) is 108 cm³/mol. The Morgan fingerprint density at radius 3 is 2.89 bits per heavy atom. The van der Waals surface area contributed by atoms with Crippen LogP contribution in [0.3, 0.4) is 0 Å². The molecule has 0 radical (unpaired) electrons. The first-order valence-electron chi connectivity index (χ1n) is 8.28. The summed E-state index contributed by atoms with van der Waals surface area (Å²) in [5.74, 6) is 0. The molecule has 0 aliphatic heterocycles. The minimum Gasteiger partial charge on any atom is -0.398 e. The van der Waals surface area contributed by atoms with Crippen LogP contribution < -0.4 is 11.3 Å². The molecule has 132 valence electrons. The molecule has 0 amide bonds. The Morgan fingerprint density at radius 2 is 2.07 bits per heavy atom. The summed E-state index contributed by atoms with van der Waals surface area (Å²) >= 11 is 1.49. The molecular weight excluding hydrogens is 360 g/mol. The lowest BCUT2D eigenvalue weighted by molar-refractivity contribution is 1.12. The topological polar surface area (TPSA) is 113 Å². The number of aryl methyl sites for hydroxylation is 1. The average Bonchev–Trinajstić information content (AvgIpc) is 3.34. The molecule has 0 aliphatic carbocycles. The zero-order valence-electron chi connectivity index (χ0n) is 14.3. The summed E-state index contributed by atoms with van der Waals surface area (Å²) in [6.45, 7) is 2.02. The monoisotopic (exact) mass is 374 g/mol. The summed E-state index contributed by atoms with van der Waals surface area (Å²) in [4.78, 5) is 24.0. The number of benzene rings is 2. The normalized spacial score (nSPS) is 11.4. The van der Waals surface area contributed by atoms with Gasteiger partial charge < -0.3 is 10.7 Å². The molecule has 8 heteroatoms. The zero-order chi connectivity index (χ0) is 18.5. The van der Waals surface area contributed by atoms with E-state index in [0.29, 0.717) is 16.6 Å². The zero-order valence-corrected chi connectivity index (χ0v) is 15.1. The van der Waals surface area contributed by atoms with Gasteiger partial charge in [0.2, 0.25) is 0 Å². The number of hydrogen-bond donors (Lipinski definition) is 3. The number of nitrogen functional groups attached to an aromatic ring is 1. The fourth-order valence-corrected chi connectivity index (χ4v) is 4.14. The molecule has 27 heavy (non-hydrogen) atoms. The molecule has 3 aromatic heterocycles. The van der Waals surface area contributed by atoms with Crippen molar-refractivity contribution in [3.8, 4) is 21.7 Å². The van der Waals surface area contributed by atoms with Gasteiger partial charge in [-0.1, -0.05) is 6.07 Å². The van der Waals surface area contributed by atoms with Crippen LogP contribution in [-0.2, 0) is 0 Å². The van der Waals surface area contributed by atoms with E-state index < -0.39 is 0 Å². The van der Waals surface area contributed by atoms with E-state index in [0.717, 1.165) is 38.2 Å². The minimum absolute atomic E-state index is 0.269. The summed E-state index contributed by atoms with van der Waals surface area (Å²) in [6, 6.07) is 5.96. The maximum absolute atomic E-state index is 12.6. The number of nitrogens with zero attached hydrogens (tertiary/aromatic N) is 3. The van der Waals surface area contributed by atoms with Crippen LogP contribution in [0.5, 0.6) is 0 Å². The molecule has 2 aromatic carbocycles. The van der Waals surface area contributed by atoms with Crippen LogP contribution in [0.2, 0.25) is 0 Å². The van der Waals surface area contributed by atoms with Crippen molar-refractivity contribution in [2.24, 2.45) is 0 Å². The molecule has 0 bridgehead atoms. The molecular formula is C19H14N6OS. The quantitative estimate of drug-likeness (QED) is 0.409. The molecule has 4 N–H and O–H groups in total. The van der Waals surface area contributed by atoms with Gasteiger partial charge in [0.25, 0.3) is 5.56 Å². The average molecular weight is 374 g/mol. The molecule has 0 unspecified atom stereocenters. The van der Waals surface area contributed by atoms with Crippen molar-refractivity contribution in [2.45, 2.75) is 6.92 Å². The second-order valence-corrected chi connectivity index (χ2v) is 7.16. The van der Waals surface area contributed by atoms with Crippen molar-refractivity contribution in [1.82, 2.24) is 25.1 Å². The van der Waals surface area contributed by atoms with E-state index in [1.54, 1.807) is 12.4 Å². The van der Waals surface area contributed by atoms with Crippen molar-refractivity contribution >= 4 is 38.8 Å². The Balaban J connectivity index is 1.98. The highest BCUT2D eigenvalue weighted by Gasteiger charge is 2.20. The number of rotatable bonds is 2. The van der Waals surface area contributed by atoms with E-state index in [1.807, 2.05) is 30.5 Å². The molecule has 0 saturated heterocycles. The van der Waals surface area contributed by atoms with E-state index in [2.05, 4.69) is 25.1 Å². The lowest BCUT2D eigenvalue weighted by Gasteiger charge is -2.14. The molecule has 0 fully saturated rings. The second kappa shape index (κ2) is 5.75. The molecule has 0 atom stereocenters. The van der Waals surface area contributed by atoms with E-state index in [1.165, 1.54) is 17.7 Å². The number of nitrogens with two attached hydrogens (primary N) is 1. The van der Waals surface area contributed by atoms with Crippen molar-refractivity contribution in [2.75, 3.05) is 5.73 Å². The molecule has 5 rings (SSSR count). The lowest BCUT2D eigenvalue weighted by Crippen LogP contribution is -2.10. The summed E-state index contributed by atoms with van der Waals surface area (Å²) in [6.07, 6.45) is 4.90. The summed E-state index contributed by atoms with van der Waals surface area (Å²) in [7, 11) is 0. The smallest absolute Gasteiger partial charge is 0.260 e. The molecule has 0 saturated carbocycles. The van der Waals surface area contributed by atoms with E-state index in [-0.39, 0.29) is 5.56 Å². The van der Waals surface area contributed by atoms with Crippen molar-refractivity contribution in [1.29, 1.82) is 0 Å². The summed E-state index contributed by atoms with van der Waals surface area (Å²) in [5, 5.41) is 11.1. The third-order valence-electron chi connectivity index (χ3n) is 4.72. The Hall–Kier alpha value is -3.52. The van der Waals surface area contributed by atoms with E-state index >= 15 is 0 Å². The van der Waals surface area contributed by atoms with Gasteiger partial charge in [0, 0.05) is 28.1 Å². The number of thiazole rings is 1. The van der Waals surface area contributed by atoms with Crippen LogP contribution in [0.25, 0.3) is 43.5 Å². The van der Waals surface area contributed by atoms with Crippen molar-refractivity contribution in [3.05, 3.63) is 58.2 Å². The highest BCUT2D eigenvalue weighted by Crippen LogP contribution is 2.41. The van der Waals surface area contributed by atoms with Crippen molar-refractivity contribution < 1.29 is 0 Å². The number of anilines is 1.